The van der Waals surface area contributed by atoms with Crippen LogP contribution in [-0.4, -0.2) is 0 Å². The lowest BCUT2D eigenvalue weighted by molar-refractivity contribution is 0.222. The molecule has 296 valence electrons. The van der Waals surface area contributed by atoms with Crippen molar-refractivity contribution in [1.82, 2.24) is 0 Å². The minimum absolute atomic E-state index is 0.102. The van der Waals surface area contributed by atoms with Crippen molar-refractivity contribution in [2.75, 3.05) is 0 Å². The maximum absolute atomic E-state index is 6.91. The van der Waals surface area contributed by atoms with Gasteiger partial charge < -0.3 is 4.74 Å². The third-order valence-corrected chi connectivity index (χ3v) is 13.1. The van der Waals surface area contributed by atoms with Crippen molar-refractivity contribution in [3.63, 3.8) is 0 Å². The molecule has 11 aromatic carbocycles. The summed E-state index contributed by atoms with van der Waals surface area (Å²) in [6.07, 6.45) is -0.102. The monoisotopic (exact) mass is 802 g/mol. The number of hydrogen-bond acceptors (Lipinski definition) is 1. The van der Waals surface area contributed by atoms with Gasteiger partial charge in [-0.15, -0.1) is 0 Å². The Morgan fingerprint density at radius 3 is 1.52 bits per heavy atom. The number of benzene rings is 11. The summed E-state index contributed by atoms with van der Waals surface area (Å²) >= 11 is 0. The first-order valence-corrected chi connectivity index (χ1v) is 21.9. The molecular formula is C62H42O. The molecule has 2 atom stereocenters. The van der Waals surface area contributed by atoms with Crippen LogP contribution in [0.15, 0.2) is 243 Å². The molecule has 0 bridgehead atoms. The molecule has 0 radical (unpaired) electrons. The van der Waals surface area contributed by atoms with Crippen LogP contribution >= 0.6 is 0 Å². The van der Waals surface area contributed by atoms with Crippen LogP contribution in [0.2, 0.25) is 0 Å². The maximum atomic E-state index is 6.91. The van der Waals surface area contributed by atoms with E-state index < -0.39 is 0 Å². The zero-order valence-electron chi connectivity index (χ0n) is 34.7. The second-order valence-corrected chi connectivity index (χ2v) is 16.7. The third-order valence-electron chi connectivity index (χ3n) is 13.1. The molecule has 63 heavy (non-hydrogen) atoms. The number of hydrogen-bond donors (Lipinski definition) is 0. The highest BCUT2D eigenvalue weighted by atomic mass is 16.5. The van der Waals surface area contributed by atoms with E-state index in [2.05, 4.69) is 243 Å². The zero-order valence-corrected chi connectivity index (χ0v) is 34.7. The van der Waals surface area contributed by atoms with E-state index in [1.165, 1.54) is 93.5 Å². The molecule has 1 aliphatic heterocycles. The Morgan fingerprint density at radius 1 is 0.270 bits per heavy atom. The second-order valence-electron chi connectivity index (χ2n) is 16.7. The molecule has 11 aromatic rings. The third kappa shape index (κ3) is 6.58. The van der Waals surface area contributed by atoms with Gasteiger partial charge in [-0.25, -0.2) is 0 Å². The Labute approximate surface area is 368 Å². The van der Waals surface area contributed by atoms with Crippen molar-refractivity contribution < 1.29 is 4.74 Å². The average Bonchev–Trinajstić information content (AvgIpc) is 3.75. The van der Waals surface area contributed by atoms with Crippen molar-refractivity contribution in [2.45, 2.75) is 12.0 Å². The Balaban J connectivity index is 1.000. The van der Waals surface area contributed by atoms with Crippen molar-refractivity contribution in [3.8, 4) is 61.4 Å². The lowest BCUT2D eigenvalue weighted by Gasteiger charge is -2.20. The summed E-state index contributed by atoms with van der Waals surface area (Å²) in [5, 5.41) is 7.44. The van der Waals surface area contributed by atoms with Gasteiger partial charge in [-0.05, 0) is 123 Å². The summed E-state index contributed by atoms with van der Waals surface area (Å²) in [7, 11) is 0. The number of fused-ring (bicyclic) bond motifs is 4. The van der Waals surface area contributed by atoms with Gasteiger partial charge in [0.1, 0.15) is 11.9 Å². The lowest BCUT2D eigenvalue weighted by atomic mass is 9.83. The van der Waals surface area contributed by atoms with E-state index in [4.69, 9.17) is 4.74 Å². The molecule has 0 spiro atoms. The Morgan fingerprint density at radius 2 is 0.762 bits per heavy atom. The highest BCUT2D eigenvalue weighted by molar-refractivity contribution is 6.22. The molecule has 0 N–H and O–H groups in total. The molecule has 1 aliphatic rings. The molecule has 0 aromatic heterocycles. The van der Waals surface area contributed by atoms with Crippen LogP contribution in [0.3, 0.4) is 0 Å². The van der Waals surface area contributed by atoms with Crippen molar-refractivity contribution in [2.24, 2.45) is 0 Å². The summed E-state index contributed by atoms with van der Waals surface area (Å²) < 4.78 is 6.91. The van der Waals surface area contributed by atoms with Gasteiger partial charge in [-0.1, -0.05) is 218 Å². The Kier molecular flexibility index (Phi) is 9.04. The summed E-state index contributed by atoms with van der Waals surface area (Å²) in [4.78, 5) is 0. The molecule has 0 saturated heterocycles. The van der Waals surface area contributed by atoms with E-state index in [0.717, 1.165) is 16.9 Å². The van der Waals surface area contributed by atoms with Gasteiger partial charge in [0.2, 0.25) is 0 Å². The summed E-state index contributed by atoms with van der Waals surface area (Å²) in [6, 6.07) is 88.5. The molecule has 0 fully saturated rings. The van der Waals surface area contributed by atoms with Crippen LogP contribution in [0.1, 0.15) is 28.7 Å². The molecule has 1 heteroatoms. The fourth-order valence-electron chi connectivity index (χ4n) is 10.0. The first kappa shape index (κ1) is 36.8. The highest BCUT2D eigenvalue weighted by Gasteiger charge is 2.36. The fourth-order valence-corrected chi connectivity index (χ4v) is 10.0. The van der Waals surface area contributed by atoms with Crippen molar-refractivity contribution >= 4 is 32.3 Å². The molecule has 1 heterocycles. The van der Waals surface area contributed by atoms with Crippen LogP contribution in [0.4, 0.5) is 0 Å². The minimum Gasteiger partial charge on any atom is -0.484 e. The van der Waals surface area contributed by atoms with Gasteiger partial charge in [-0.3, -0.25) is 0 Å². The van der Waals surface area contributed by atoms with E-state index in [0.29, 0.717) is 0 Å². The molecule has 0 aliphatic carbocycles. The summed E-state index contributed by atoms with van der Waals surface area (Å²) in [5.74, 6) is 1.05. The van der Waals surface area contributed by atoms with Crippen LogP contribution in [0, 0.1) is 0 Å². The summed E-state index contributed by atoms with van der Waals surface area (Å²) in [6.45, 7) is 0. The smallest absolute Gasteiger partial charge is 0.135 e. The standard InChI is InChI=1S/C62H42O/c1-4-15-41(16-5-1)50-33-35-55-57(39-50)60(54-26-13-12-25-53(54)59(55)45-30-27-43(28-31-45)49-32-29-42-17-10-11-22-47(42)37-49)52-24-14-23-48(38-52)51-34-36-56-58(40-51)63-62(46-20-8-3-9-21-46)61(56)44-18-6-2-7-19-44/h1-40,61-62H. The molecule has 2 unspecified atom stereocenters. The van der Waals surface area contributed by atoms with Crippen LogP contribution < -0.4 is 4.74 Å². The predicted octanol–water partition coefficient (Wildman–Crippen LogP) is 16.7. The van der Waals surface area contributed by atoms with Gasteiger partial charge >= 0.3 is 0 Å². The normalized spacial score (nSPS) is 14.5. The van der Waals surface area contributed by atoms with Crippen LogP contribution in [0.25, 0.3) is 88.0 Å². The SMILES string of the molecule is c1ccc(-c2ccc3c(-c4ccc(-c5ccc6ccccc6c5)cc4)c4ccccc4c(-c4cccc(-c5ccc6c(c5)OC(c5ccccc5)C6c5ccccc5)c4)c3c2)cc1. The first-order chi connectivity index (χ1) is 31.2. The molecule has 0 amide bonds. The lowest BCUT2D eigenvalue weighted by Crippen LogP contribution is -2.11. The molecule has 12 rings (SSSR count). The van der Waals surface area contributed by atoms with Crippen LogP contribution in [0.5, 0.6) is 5.75 Å². The quantitative estimate of drug-likeness (QED) is 0.146. The predicted molar refractivity (Wildman–Crippen MR) is 264 cm³/mol. The number of ether oxygens (including phenoxy) is 1. The van der Waals surface area contributed by atoms with Crippen molar-refractivity contribution in [3.05, 3.63) is 259 Å². The maximum Gasteiger partial charge on any atom is 0.135 e. The first-order valence-electron chi connectivity index (χ1n) is 21.9. The zero-order chi connectivity index (χ0) is 41.7. The largest absolute Gasteiger partial charge is 0.484 e. The van der Waals surface area contributed by atoms with E-state index in [1.807, 2.05) is 0 Å². The fraction of sp³-hybridized carbons (Fsp3) is 0.0323. The molecule has 0 saturated carbocycles. The van der Waals surface area contributed by atoms with Crippen LogP contribution in [-0.2, 0) is 0 Å². The van der Waals surface area contributed by atoms with Gasteiger partial charge in [-0.2, -0.15) is 0 Å². The molecular weight excluding hydrogens is 761 g/mol. The Bertz CT molecular complexity index is 3460. The van der Waals surface area contributed by atoms with E-state index in [-0.39, 0.29) is 12.0 Å². The molecule has 1 nitrogen and oxygen atoms in total. The minimum atomic E-state index is -0.102. The van der Waals surface area contributed by atoms with Gasteiger partial charge in [0, 0.05) is 5.56 Å². The Hall–Kier alpha value is -8.00. The average molecular weight is 803 g/mol. The van der Waals surface area contributed by atoms with Gasteiger partial charge in [0.15, 0.2) is 0 Å². The van der Waals surface area contributed by atoms with E-state index in [9.17, 15) is 0 Å². The second kappa shape index (κ2) is 15.5. The van der Waals surface area contributed by atoms with E-state index in [1.54, 1.807) is 0 Å². The van der Waals surface area contributed by atoms with Gasteiger partial charge in [0.05, 0.1) is 5.92 Å². The topological polar surface area (TPSA) is 9.23 Å². The number of rotatable bonds is 7. The summed E-state index contributed by atoms with van der Waals surface area (Å²) in [5.41, 5.74) is 15.7. The van der Waals surface area contributed by atoms with E-state index >= 15 is 0 Å². The van der Waals surface area contributed by atoms with Crippen molar-refractivity contribution in [1.29, 1.82) is 0 Å². The highest BCUT2D eigenvalue weighted by Crippen LogP contribution is 2.51. The van der Waals surface area contributed by atoms with Gasteiger partial charge in [0.25, 0.3) is 0 Å².